The molecule has 0 fully saturated rings. The van der Waals surface area contributed by atoms with E-state index in [1.54, 1.807) is 11.8 Å². The normalized spacial score (nSPS) is 10.4. The summed E-state index contributed by atoms with van der Waals surface area (Å²) in [4.78, 5) is 2.09. The second kappa shape index (κ2) is 6.26. The molecule has 4 heteroatoms. The molecule has 0 radical (unpaired) electrons. The Bertz CT molecular complexity index is 319. The third kappa shape index (κ3) is 3.30. The van der Waals surface area contributed by atoms with E-state index in [0.717, 1.165) is 23.5 Å². The smallest absolute Gasteiger partial charge is 0.0702 e. The number of nitrogens with zero attached hydrogens (tertiary/aromatic N) is 1. The summed E-state index contributed by atoms with van der Waals surface area (Å²) >= 11 is 7.92. The highest BCUT2D eigenvalue weighted by Crippen LogP contribution is 2.29. The molecule has 1 rings (SSSR count). The SMILES string of the molecule is CSCCN(C)c1c(Cl)cccc1CO. The lowest BCUT2D eigenvalue weighted by molar-refractivity contribution is 0.282. The first-order chi connectivity index (χ1) is 7.20. The van der Waals surface area contributed by atoms with Gasteiger partial charge in [0.05, 0.1) is 17.3 Å². The summed E-state index contributed by atoms with van der Waals surface area (Å²) in [6.07, 6.45) is 2.08. The lowest BCUT2D eigenvalue weighted by Crippen LogP contribution is -2.22. The summed E-state index contributed by atoms with van der Waals surface area (Å²) in [7, 11) is 2.00. The molecule has 0 aliphatic heterocycles. The third-order valence-corrected chi connectivity index (χ3v) is 3.15. The van der Waals surface area contributed by atoms with Crippen LogP contribution in [0.15, 0.2) is 18.2 Å². The molecule has 1 aromatic rings. The highest BCUT2D eigenvalue weighted by atomic mass is 35.5. The van der Waals surface area contributed by atoms with Crippen molar-refractivity contribution in [3.63, 3.8) is 0 Å². The summed E-state index contributed by atoms with van der Waals surface area (Å²) in [5, 5.41) is 9.93. The van der Waals surface area contributed by atoms with Crippen LogP contribution in [0.2, 0.25) is 5.02 Å². The third-order valence-electron chi connectivity index (χ3n) is 2.25. The molecule has 15 heavy (non-hydrogen) atoms. The standard InChI is InChI=1S/C11H16ClNOS/c1-13(6-7-15-2)11-9(8-14)4-3-5-10(11)12/h3-5,14H,6-8H2,1-2H3. The van der Waals surface area contributed by atoms with Gasteiger partial charge >= 0.3 is 0 Å². The minimum atomic E-state index is 0.0273. The van der Waals surface area contributed by atoms with E-state index in [1.807, 2.05) is 25.2 Å². The molecule has 2 nitrogen and oxygen atoms in total. The Hall–Kier alpha value is -0.380. The van der Waals surface area contributed by atoms with Crippen molar-refractivity contribution in [3.8, 4) is 0 Å². The second-order valence-corrected chi connectivity index (χ2v) is 4.71. The zero-order chi connectivity index (χ0) is 11.3. The van der Waals surface area contributed by atoms with Gasteiger partial charge in [-0.2, -0.15) is 11.8 Å². The van der Waals surface area contributed by atoms with Gasteiger partial charge < -0.3 is 10.0 Å². The second-order valence-electron chi connectivity index (χ2n) is 3.32. The van der Waals surface area contributed by atoms with Gasteiger partial charge in [0.25, 0.3) is 0 Å². The Kier molecular flexibility index (Phi) is 5.29. The molecule has 0 spiro atoms. The van der Waals surface area contributed by atoms with Gasteiger partial charge in [0.2, 0.25) is 0 Å². The Morgan fingerprint density at radius 2 is 2.20 bits per heavy atom. The number of hydrogen-bond acceptors (Lipinski definition) is 3. The Morgan fingerprint density at radius 1 is 1.47 bits per heavy atom. The van der Waals surface area contributed by atoms with Crippen molar-refractivity contribution in [1.82, 2.24) is 0 Å². The van der Waals surface area contributed by atoms with E-state index in [0.29, 0.717) is 5.02 Å². The van der Waals surface area contributed by atoms with E-state index in [9.17, 15) is 5.11 Å². The van der Waals surface area contributed by atoms with Gasteiger partial charge in [-0.25, -0.2) is 0 Å². The fourth-order valence-electron chi connectivity index (χ4n) is 1.46. The van der Waals surface area contributed by atoms with Crippen LogP contribution in [-0.4, -0.2) is 30.7 Å². The average Bonchev–Trinajstić information content (AvgIpc) is 2.25. The average molecular weight is 246 g/mol. The van der Waals surface area contributed by atoms with Gasteiger partial charge in [0, 0.05) is 24.9 Å². The monoisotopic (exact) mass is 245 g/mol. The van der Waals surface area contributed by atoms with Crippen LogP contribution >= 0.6 is 23.4 Å². The number of rotatable bonds is 5. The van der Waals surface area contributed by atoms with Gasteiger partial charge in [-0.1, -0.05) is 23.7 Å². The molecule has 0 atom stereocenters. The van der Waals surface area contributed by atoms with Gasteiger partial charge in [0.15, 0.2) is 0 Å². The van der Waals surface area contributed by atoms with Gasteiger partial charge in [-0.3, -0.25) is 0 Å². The van der Waals surface area contributed by atoms with Crippen molar-refractivity contribution in [2.24, 2.45) is 0 Å². The lowest BCUT2D eigenvalue weighted by Gasteiger charge is -2.22. The predicted octanol–water partition coefficient (Wildman–Crippen LogP) is 2.63. The minimum absolute atomic E-state index is 0.0273. The van der Waals surface area contributed by atoms with Crippen LogP contribution in [0.4, 0.5) is 5.69 Å². The number of aliphatic hydroxyl groups excluding tert-OH is 1. The molecule has 0 saturated carbocycles. The van der Waals surface area contributed by atoms with Crippen molar-refractivity contribution in [1.29, 1.82) is 0 Å². The molecule has 1 N–H and O–H groups in total. The first-order valence-corrected chi connectivity index (χ1v) is 6.56. The van der Waals surface area contributed by atoms with E-state index < -0.39 is 0 Å². The Morgan fingerprint density at radius 3 is 2.80 bits per heavy atom. The number of aliphatic hydroxyl groups is 1. The van der Waals surface area contributed by atoms with Crippen molar-refractivity contribution < 1.29 is 5.11 Å². The van der Waals surface area contributed by atoms with Crippen LogP contribution in [0, 0.1) is 0 Å². The topological polar surface area (TPSA) is 23.5 Å². The van der Waals surface area contributed by atoms with Crippen LogP contribution in [0.3, 0.4) is 0 Å². The number of benzene rings is 1. The zero-order valence-corrected chi connectivity index (χ0v) is 10.6. The van der Waals surface area contributed by atoms with E-state index in [-0.39, 0.29) is 6.61 Å². The van der Waals surface area contributed by atoms with Crippen molar-refractivity contribution in [2.45, 2.75) is 6.61 Å². The first kappa shape index (κ1) is 12.7. The molecule has 0 heterocycles. The summed E-state index contributed by atoms with van der Waals surface area (Å²) in [6.45, 7) is 0.956. The van der Waals surface area contributed by atoms with E-state index in [2.05, 4.69) is 11.2 Å². The van der Waals surface area contributed by atoms with Crippen molar-refractivity contribution in [2.75, 3.05) is 30.5 Å². The maximum Gasteiger partial charge on any atom is 0.0702 e. The molecule has 1 aromatic carbocycles. The van der Waals surface area contributed by atoms with E-state index >= 15 is 0 Å². The van der Waals surface area contributed by atoms with Crippen molar-refractivity contribution >= 4 is 29.1 Å². The van der Waals surface area contributed by atoms with Crippen LogP contribution in [-0.2, 0) is 6.61 Å². The molecule has 84 valence electrons. The summed E-state index contributed by atoms with van der Waals surface area (Å²) in [5.74, 6) is 1.05. The summed E-state index contributed by atoms with van der Waals surface area (Å²) in [5.41, 5.74) is 1.82. The molecular formula is C11H16ClNOS. The van der Waals surface area contributed by atoms with E-state index in [4.69, 9.17) is 11.6 Å². The maximum atomic E-state index is 9.23. The summed E-state index contributed by atoms with van der Waals surface area (Å²) < 4.78 is 0. The van der Waals surface area contributed by atoms with Gasteiger partial charge in [-0.15, -0.1) is 0 Å². The molecule has 0 amide bonds. The van der Waals surface area contributed by atoms with Crippen LogP contribution in [0.5, 0.6) is 0 Å². The fourth-order valence-corrected chi connectivity index (χ4v) is 2.25. The fraction of sp³-hybridized carbons (Fsp3) is 0.455. The molecule has 0 aliphatic carbocycles. The van der Waals surface area contributed by atoms with Crippen molar-refractivity contribution in [3.05, 3.63) is 28.8 Å². The van der Waals surface area contributed by atoms with Crippen LogP contribution in [0.25, 0.3) is 0 Å². The van der Waals surface area contributed by atoms with E-state index in [1.165, 1.54) is 0 Å². The molecule has 0 unspecified atom stereocenters. The maximum absolute atomic E-state index is 9.23. The van der Waals surface area contributed by atoms with Gasteiger partial charge in [-0.05, 0) is 12.3 Å². The van der Waals surface area contributed by atoms with Crippen LogP contribution < -0.4 is 4.90 Å². The predicted molar refractivity (Wildman–Crippen MR) is 69.0 cm³/mol. The number of anilines is 1. The number of hydrogen-bond donors (Lipinski definition) is 1. The summed E-state index contributed by atoms with van der Waals surface area (Å²) in [6, 6.07) is 5.61. The molecule has 0 aliphatic rings. The first-order valence-electron chi connectivity index (χ1n) is 4.79. The molecular weight excluding hydrogens is 230 g/mol. The zero-order valence-electron chi connectivity index (χ0n) is 9.03. The minimum Gasteiger partial charge on any atom is -0.392 e. The number of thioether (sulfide) groups is 1. The number of halogens is 1. The van der Waals surface area contributed by atoms with Gasteiger partial charge in [0.1, 0.15) is 0 Å². The lowest BCUT2D eigenvalue weighted by atomic mass is 10.1. The molecule has 0 saturated heterocycles. The number of para-hydroxylation sites is 1. The molecule has 0 bridgehead atoms. The Labute approximate surface area is 100 Å². The highest BCUT2D eigenvalue weighted by Gasteiger charge is 2.10. The quantitative estimate of drug-likeness (QED) is 0.863. The largest absolute Gasteiger partial charge is 0.392 e. The molecule has 0 aromatic heterocycles. The highest BCUT2D eigenvalue weighted by molar-refractivity contribution is 7.98. The van der Waals surface area contributed by atoms with Crippen LogP contribution in [0.1, 0.15) is 5.56 Å². The Balaban J connectivity index is 2.90.